The number of rotatable bonds is 4. The molecule has 164 valence electrons. The van der Waals surface area contributed by atoms with Gasteiger partial charge in [0.15, 0.2) is 0 Å². The molecular weight excluding hydrogens is 390 g/mol. The zero-order valence-corrected chi connectivity index (χ0v) is 18.4. The number of nitrogens with zero attached hydrogens (tertiary/aromatic N) is 3. The van der Waals surface area contributed by atoms with Gasteiger partial charge >= 0.3 is 6.03 Å². The molecule has 1 aliphatic heterocycles. The topological polar surface area (TPSA) is 77.6 Å². The van der Waals surface area contributed by atoms with Crippen molar-refractivity contribution < 1.29 is 9.59 Å². The van der Waals surface area contributed by atoms with Crippen LogP contribution >= 0.6 is 0 Å². The van der Waals surface area contributed by atoms with Crippen LogP contribution in [0.1, 0.15) is 36.8 Å². The first kappa shape index (κ1) is 21.2. The lowest BCUT2D eigenvalue weighted by Gasteiger charge is -2.36. The van der Waals surface area contributed by atoms with E-state index in [2.05, 4.69) is 20.5 Å². The van der Waals surface area contributed by atoms with Crippen molar-refractivity contribution in [3.05, 3.63) is 47.7 Å². The molecule has 3 amide bonds. The highest BCUT2D eigenvalue weighted by molar-refractivity contribution is 6.00. The van der Waals surface area contributed by atoms with Crippen molar-refractivity contribution in [2.24, 2.45) is 5.92 Å². The number of amides is 3. The van der Waals surface area contributed by atoms with Gasteiger partial charge in [-0.05, 0) is 56.0 Å². The van der Waals surface area contributed by atoms with Gasteiger partial charge in [0.25, 0.3) is 0 Å². The van der Waals surface area contributed by atoms with Crippen LogP contribution in [0.15, 0.2) is 36.5 Å². The van der Waals surface area contributed by atoms with Crippen LogP contribution in [0.5, 0.6) is 0 Å². The fourth-order valence-electron chi connectivity index (χ4n) is 4.39. The molecule has 0 spiro atoms. The molecule has 7 heteroatoms. The Morgan fingerprint density at radius 3 is 2.39 bits per heavy atom. The minimum Gasteiger partial charge on any atom is -0.353 e. The SMILES string of the molecule is Cc1ccc(C)c(NC(=O)Nc2ccc(N3CCN(C(=O)C4CCCC4)CC3)nc2)c1. The zero-order chi connectivity index (χ0) is 21.8. The highest BCUT2D eigenvalue weighted by Gasteiger charge is 2.29. The van der Waals surface area contributed by atoms with Gasteiger partial charge in [0.2, 0.25) is 5.91 Å². The van der Waals surface area contributed by atoms with Gasteiger partial charge in [0.05, 0.1) is 11.9 Å². The Labute approximate surface area is 183 Å². The maximum atomic E-state index is 12.6. The van der Waals surface area contributed by atoms with Gasteiger partial charge in [0, 0.05) is 37.8 Å². The molecule has 0 unspecified atom stereocenters. The Morgan fingerprint density at radius 2 is 1.71 bits per heavy atom. The lowest BCUT2D eigenvalue weighted by molar-refractivity contribution is -0.135. The fourth-order valence-corrected chi connectivity index (χ4v) is 4.39. The normalized spacial score (nSPS) is 17.0. The van der Waals surface area contributed by atoms with E-state index in [1.165, 1.54) is 12.8 Å². The predicted octanol–water partition coefficient (Wildman–Crippen LogP) is 4.18. The first-order valence-corrected chi connectivity index (χ1v) is 11.1. The summed E-state index contributed by atoms with van der Waals surface area (Å²) in [5.74, 6) is 1.44. The summed E-state index contributed by atoms with van der Waals surface area (Å²) in [7, 11) is 0. The standard InChI is InChI=1S/C24H31N5O2/c1-17-7-8-18(2)21(15-17)27-24(31)26-20-9-10-22(25-16-20)28-11-13-29(14-12-28)23(30)19-5-3-4-6-19/h7-10,15-16,19H,3-6,11-14H2,1-2H3,(H2,26,27,31). The quantitative estimate of drug-likeness (QED) is 0.776. The van der Waals surface area contributed by atoms with Crippen LogP contribution in [-0.2, 0) is 4.79 Å². The van der Waals surface area contributed by atoms with E-state index in [-0.39, 0.29) is 11.9 Å². The number of pyridine rings is 1. The first-order chi connectivity index (χ1) is 15.0. The summed E-state index contributed by atoms with van der Waals surface area (Å²) in [5, 5.41) is 5.73. The van der Waals surface area contributed by atoms with Crippen molar-refractivity contribution in [1.29, 1.82) is 0 Å². The summed E-state index contributed by atoms with van der Waals surface area (Å²) in [5.41, 5.74) is 3.55. The van der Waals surface area contributed by atoms with Crippen LogP contribution in [0.25, 0.3) is 0 Å². The summed E-state index contributed by atoms with van der Waals surface area (Å²) in [6, 6.07) is 9.45. The van der Waals surface area contributed by atoms with Gasteiger partial charge in [-0.25, -0.2) is 9.78 Å². The number of hydrogen-bond donors (Lipinski definition) is 2. The molecule has 7 nitrogen and oxygen atoms in total. The first-order valence-electron chi connectivity index (χ1n) is 11.1. The van der Waals surface area contributed by atoms with E-state index in [1.54, 1.807) is 6.20 Å². The van der Waals surface area contributed by atoms with Gasteiger partial charge in [-0.15, -0.1) is 0 Å². The van der Waals surface area contributed by atoms with Gasteiger partial charge in [0.1, 0.15) is 5.82 Å². The molecule has 0 atom stereocenters. The van der Waals surface area contributed by atoms with E-state index < -0.39 is 0 Å². The van der Waals surface area contributed by atoms with Crippen molar-refractivity contribution in [2.75, 3.05) is 41.7 Å². The van der Waals surface area contributed by atoms with E-state index >= 15 is 0 Å². The molecule has 1 aliphatic carbocycles. The molecule has 1 aromatic heterocycles. The van der Waals surface area contributed by atoms with Gasteiger partial charge < -0.3 is 20.4 Å². The maximum absolute atomic E-state index is 12.6. The number of urea groups is 1. The maximum Gasteiger partial charge on any atom is 0.323 e. The number of anilines is 3. The second kappa shape index (κ2) is 9.37. The van der Waals surface area contributed by atoms with Crippen molar-refractivity contribution in [3.8, 4) is 0 Å². The summed E-state index contributed by atoms with van der Waals surface area (Å²) >= 11 is 0. The highest BCUT2D eigenvalue weighted by Crippen LogP contribution is 2.27. The van der Waals surface area contributed by atoms with Crippen molar-refractivity contribution in [2.45, 2.75) is 39.5 Å². The van der Waals surface area contributed by atoms with Gasteiger partial charge in [-0.1, -0.05) is 25.0 Å². The molecule has 0 bridgehead atoms. The van der Waals surface area contributed by atoms with E-state index in [9.17, 15) is 9.59 Å². The number of carbonyl (C=O) groups excluding carboxylic acids is 2. The van der Waals surface area contributed by atoms with Crippen LogP contribution in [0.4, 0.5) is 22.0 Å². The number of aryl methyl sites for hydroxylation is 2. The molecular formula is C24H31N5O2. The van der Waals surface area contributed by atoms with E-state index in [4.69, 9.17) is 0 Å². The van der Waals surface area contributed by atoms with Crippen molar-refractivity contribution in [3.63, 3.8) is 0 Å². The van der Waals surface area contributed by atoms with E-state index in [0.29, 0.717) is 11.6 Å². The molecule has 1 saturated heterocycles. The third kappa shape index (κ3) is 5.16. The van der Waals surface area contributed by atoms with Gasteiger partial charge in [-0.2, -0.15) is 0 Å². The molecule has 2 aliphatic rings. The lowest BCUT2D eigenvalue weighted by atomic mass is 10.1. The van der Waals surface area contributed by atoms with Crippen LogP contribution < -0.4 is 15.5 Å². The average molecular weight is 422 g/mol. The zero-order valence-electron chi connectivity index (χ0n) is 18.4. The van der Waals surface area contributed by atoms with Crippen LogP contribution in [-0.4, -0.2) is 48.0 Å². The van der Waals surface area contributed by atoms with E-state index in [1.807, 2.05) is 49.1 Å². The summed E-state index contributed by atoms with van der Waals surface area (Å²) in [4.78, 5) is 33.7. The molecule has 31 heavy (non-hydrogen) atoms. The Balaban J connectivity index is 1.29. The fraction of sp³-hybridized carbons (Fsp3) is 0.458. The Morgan fingerprint density at radius 1 is 0.968 bits per heavy atom. The monoisotopic (exact) mass is 421 g/mol. The molecule has 1 aromatic carbocycles. The molecule has 1 saturated carbocycles. The minimum atomic E-state index is -0.290. The molecule has 2 fully saturated rings. The third-order valence-corrected chi connectivity index (χ3v) is 6.27. The molecule has 2 N–H and O–H groups in total. The minimum absolute atomic E-state index is 0.241. The Bertz CT molecular complexity index is 929. The molecule has 2 aromatic rings. The predicted molar refractivity (Wildman–Crippen MR) is 124 cm³/mol. The number of benzene rings is 1. The van der Waals surface area contributed by atoms with Crippen molar-refractivity contribution in [1.82, 2.24) is 9.88 Å². The van der Waals surface area contributed by atoms with Gasteiger partial charge in [-0.3, -0.25) is 4.79 Å². The lowest BCUT2D eigenvalue weighted by Crippen LogP contribution is -2.50. The Kier molecular flexibility index (Phi) is 6.39. The molecule has 2 heterocycles. The number of carbonyl (C=O) groups is 2. The molecule has 0 radical (unpaired) electrons. The Hall–Kier alpha value is -3.09. The number of piperazine rings is 1. The van der Waals surface area contributed by atoms with Crippen LogP contribution in [0.3, 0.4) is 0 Å². The van der Waals surface area contributed by atoms with Crippen LogP contribution in [0.2, 0.25) is 0 Å². The number of hydrogen-bond acceptors (Lipinski definition) is 4. The molecule has 4 rings (SSSR count). The van der Waals surface area contributed by atoms with Crippen molar-refractivity contribution >= 4 is 29.1 Å². The highest BCUT2D eigenvalue weighted by atomic mass is 16.2. The second-order valence-corrected chi connectivity index (χ2v) is 8.60. The largest absolute Gasteiger partial charge is 0.353 e. The third-order valence-electron chi connectivity index (χ3n) is 6.27. The number of aromatic nitrogens is 1. The summed E-state index contributed by atoms with van der Waals surface area (Å²) < 4.78 is 0. The average Bonchev–Trinajstić information content (AvgIpc) is 3.31. The summed E-state index contributed by atoms with van der Waals surface area (Å²) in [6.07, 6.45) is 6.14. The smallest absolute Gasteiger partial charge is 0.323 e. The summed E-state index contributed by atoms with van der Waals surface area (Å²) in [6.45, 7) is 7.02. The number of nitrogens with one attached hydrogen (secondary N) is 2. The van der Waals surface area contributed by atoms with Crippen LogP contribution in [0, 0.1) is 19.8 Å². The second-order valence-electron chi connectivity index (χ2n) is 8.60. The van der Waals surface area contributed by atoms with E-state index in [0.717, 1.165) is 61.7 Å².